The summed E-state index contributed by atoms with van der Waals surface area (Å²) >= 11 is 0. The Morgan fingerprint density at radius 3 is 2.85 bits per heavy atom. The summed E-state index contributed by atoms with van der Waals surface area (Å²) in [6, 6.07) is 13.2. The van der Waals surface area contributed by atoms with Crippen molar-refractivity contribution in [2.45, 2.75) is 44.4 Å². The van der Waals surface area contributed by atoms with E-state index in [-0.39, 0.29) is 12.4 Å². The molecular formula is C21H28ClN3O. The Balaban J connectivity index is 0.00000196. The van der Waals surface area contributed by atoms with E-state index in [1.807, 2.05) is 18.5 Å². The monoisotopic (exact) mass is 373 g/mol. The number of aromatic nitrogens is 1. The van der Waals surface area contributed by atoms with Gasteiger partial charge in [0.1, 0.15) is 5.75 Å². The molecule has 2 heterocycles. The molecular weight excluding hydrogens is 346 g/mol. The molecule has 1 saturated carbocycles. The summed E-state index contributed by atoms with van der Waals surface area (Å²) in [6.07, 6.45) is 9.25. The molecule has 1 unspecified atom stereocenters. The van der Waals surface area contributed by atoms with E-state index in [1.54, 1.807) is 0 Å². The number of hydrogen-bond acceptors (Lipinski definition) is 4. The van der Waals surface area contributed by atoms with Crippen LogP contribution < -0.4 is 10.1 Å². The molecule has 26 heavy (non-hydrogen) atoms. The molecule has 2 aromatic rings. The first-order chi connectivity index (χ1) is 12.4. The number of piperazine rings is 1. The number of halogens is 1. The van der Waals surface area contributed by atoms with E-state index >= 15 is 0 Å². The van der Waals surface area contributed by atoms with Crippen molar-refractivity contribution in [2.75, 3.05) is 19.6 Å². The van der Waals surface area contributed by atoms with E-state index in [1.165, 1.54) is 36.8 Å². The van der Waals surface area contributed by atoms with Gasteiger partial charge in [-0.15, -0.1) is 12.4 Å². The zero-order valence-electron chi connectivity index (χ0n) is 15.1. The Hall–Kier alpha value is -1.62. The standard InChI is InChI=1S/C21H27N3O.ClH/c1-2-8-19(7-1)25-20-9-3-5-17(13-20)16-24-12-11-23-15-21(24)18-6-4-10-22-14-18;/h3-6,9-10,13-14,19,21,23H,1-2,7-8,11-12,15-16H2;1H. The first-order valence-corrected chi connectivity index (χ1v) is 9.49. The highest BCUT2D eigenvalue weighted by atomic mass is 35.5. The third-order valence-corrected chi connectivity index (χ3v) is 5.31. The van der Waals surface area contributed by atoms with Crippen LogP contribution in [0.2, 0.25) is 0 Å². The van der Waals surface area contributed by atoms with Crippen LogP contribution in [0.4, 0.5) is 0 Å². The van der Waals surface area contributed by atoms with Crippen molar-refractivity contribution >= 4 is 12.4 Å². The van der Waals surface area contributed by atoms with E-state index in [4.69, 9.17) is 4.74 Å². The molecule has 1 aliphatic carbocycles. The second-order valence-electron chi connectivity index (χ2n) is 7.15. The molecule has 1 aromatic heterocycles. The molecule has 140 valence electrons. The molecule has 0 bridgehead atoms. The molecule has 4 rings (SSSR count). The van der Waals surface area contributed by atoms with Gasteiger partial charge in [0.25, 0.3) is 0 Å². The Labute approximate surface area is 162 Å². The molecule has 1 aliphatic heterocycles. The van der Waals surface area contributed by atoms with Gasteiger partial charge in [-0.05, 0) is 55.0 Å². The Kier molecular flexibility index (Phi) is 6.89. The lowest BCUT2D eigenvalue weighted by Crippen LogP contribution is -2.45. The highest BCUT2D eigenvalue weighted by Gasteiger charge is 2.24. The van der Waals surface area contributed by atoms with E-state index in [9.17, 15) is 0 Å². The van der Waals surface area contributed by atoms with Gasteiger partial charge in [0, 0.05) is 44.6 Å². The van der Waals surface area contributed by atoms with Gasteiger partial charge in [-0.2, -0.15) is 0 Å². The summed E-state index contributed by atoms with van der Waals surface area (Å²) in [5.74, 6) is 1.03. The van der Waals surface area contributed by atoms with Gasteiger partial charge in [-0.25, -0.2) is 0 Å². The molecule has 1 N–H and O–H groups in total. The maximum atomic E-state index is 6.18. The molecule has 1 atom stereocenters. The van der Waals surface area contributed by atoms with Crippen LogP contribution in [0.25, 0.3) is 0 Å². The van der Waals surface area contributed by atoms with Gasteiger partial charge in [0.15, 0.2) is 0 Å². The summed E-state index contributed by atoms with van der Waals surface area (Å²) in [5.41, 5.74) is 2.61. The van der Waals surface area contributed by atoms with Crippen molar-refractivity contribution in [1.29, 1.82) is 0 Å². The number of nitrogens with one attached hydrogen (secondary N) is 1. The van der Waals surface area contributed by atoms with Gasteiger partial charge in [-0.1, -0.05) is 18.2 Å². The van der Waals surface area contributed by atoms with Crippen LogP contribution >= 0.6 is 12.4 Å². The molecule has 0 radical (unpaired) electrons. The van der Waals surface area contributed by atoms with Crippen molar-refractivity contribution in [1.82, 2.24) is 15.2 Å². The maximum absolute atomic E-state index is 6.18. The lowest BCUT2D eigenvalue weighted by Gasteiger charge is -2.36. The zero-order chi connectivity index (χ0) is 16.9. The first kappa shape index (κ1) is 19.2. The van der Waals surface area contributed by atoms with Crippen LogP contribution in [-0.4, -0.2) is 35.6 Å². The minimum Gasteiger partial charge on any atom is -0.490 e. The largest absolute Gasteiger partial charge is 0.490 e. The van der Waals surface area contributed by atoms with Gasteiger partial charge < -0.3 is 10.1 Å². The van der Waals surface area contributed by atoms with Crippen LogP contribution in [0.3, 0.4) is 0 Å². The fourth-order valence-electron chi connectivity index (χ4n) is 3.99. The number of rotatable bonds is 5. The van der Waals surface area contributed by atoms with E-state index in [0.717, 1.165) is 31.9 Å². The van der Waals surface area contributed by atoms with Crippen molar-refractivity contribution in [2.24, 2.45) is 0 Å². The smallest absolute Gasteiger partial charge is 0.120 e. The summed E-state index contributed by atoms with van der Waals surface area (Å²) in [5, 5.41) is 3.51. The normalized spacial score (nSPS) is 21.3. The minimum atomic E-state index is 0. The molecule has 1 saturated heterocycles. The van der Waals surface area contributed by atoms with Gasteiger partial charge in [0.05, 0.1) is 6.10 Å². The maximum Gasteiger partial charge on any atom is 0.120 e. The number of benzene rings is 1. The Morgan fingerprint density at radius 1 is 1.15 bits per heavy atom. The van der Waals surface area contributed by atoms with Crippen LogP contribution in [0, 0.1) is 0 Å². The highest BCUT2D eigenvalue weighted by molar-refractivity contribution is 5.85. The average Bonchev–Trinajstić information content (AvgIpc) is 3.16. The van der Waals surface area contributed by atoms with Crippen LogP contribution in [0.5, 0.6) is 5.75 Å². The van der Waals surface area contributed by atoms with Crippen LogP contribution in [0.15, 0.2) is 48.8 Å². The van der Waals surface area contributed by atoms with Crippen molar-refractivity contribution < 1.29 is 4.74 Å². The van der Waals surface area contributed by atoms with Crippen LogP contribution in [-0.2, 0) is 6.54 Å². The average molecular weight is 374 g/mol. The number of pyridine rings is 1. The lowest BCUT2D eigenvalue weighted by atomic mass is 10.0. The third-order valence-electron chi connectivity index (χ3n) is 5.31. The first-order valence-electron chi connectivity index (χ1n) is 9.49. The van der Waals surface area contributed by atoms with E-state index < -0.39 is 0 Å². The molecule has 0 amide bonds. The summed E-state index contributed by atoms with van der Waals surface area (Å²) in [7, 11) is 0. The quantitative estimate of drug-likeness (QED) is 0.860. The SMILES string of the molecule is Cl.c1cc(CN2CCNCC2c2cccnc2)cc(OC2CCCC2)c1. The fourth-order valence-corrected chi connectivity index (χ4v) is 3.99. The molecule has 0 spiro atoms. The zero-order valence-corrected chi connectivity index (χ0v) is 16.0. The lowest BCUT2D eigenvalue weighted by molar-refractivity contribution is 0.153. The summed E-state index contributed by atoms with van der Waals surface area (Å²) in [4.78, 5) is 6.84. The fraction of sp³-hybridized carbons (Fsp3) is 0.476. The molecule has 4 nitrogen and oxygen atoms in total. The van der Waals surface area contributed by atoms with Crippen molar-refractivity contribution in [3.8, 4) is 5.75 Å². The Morgan fingerprint density at radius 2 is 2.04 bits per heavy atom. The van der Waals surface area contributed by atoms with Crippen molar-refractivity contribution in [3.05, 3.63) is 59.9 Å². The second kappa shape index (κ2) is 9.36. The van der Waals surface area contributed by atoms with Gasteiger partial charge in [-0.3, -0.25) is 9.88 Å². The van der Waals surface area contributed by atoms with E-state index in [0.29, 0.717) is 12.1 Å². The minimum absolute atomic E-state index is 0. The second-order valence-corrected chi connectivity index (χ2v) is 7.15. The predicted octanol–water partition coefficient (Wildman–Crippen LogP) is 3.97. The van der Waals surface area contributed by atoms with Crippen LogP contribution in [0.1, 0.15) is 42.9 Å². The van der Waals surface area contributed by atoms with Crippen molar-refractivity contribution in [3.63, 3.8) is 0 Å². The third kappa shape index (κ3) is 4.76. The summed E-state index contributed by atoms with van der Waals surface area (Å²) in [6.45, 7) is 4.01. The number of nitrogens with zero attached hydrogens (tertiary/aromatic N) is 2. The molecule has 2 aliphatic rings. The Bertz CT molecular complexity index is 676. The number of hydrogen-bond donors (Lipinski definition) is 1. The predicted molar refractivity (Wildman–Crippen MR) is 107 cm³/mol. The van der Waals surface area contributed by atoms with Gasteiger partial charge in [0.2, 0.25) is 0 Å². The van der Waals surface area contributed by atoms with Gasteiger partial charge >= 0.3 is 0 Å². The topological polar surface area (TPSA) is 37.4 Å². The number of ether oxygens (including phenoxy) is 1. The molecule has 1 aromatic carbocycles. The molecule has 2 fully saturated rings. The summed E-state index contributed by atoms with van der Waals surface area (Å²) < 4.78 is 6.18. The molecule has 5 heteroatoms. The van der Waals surface area contributed by atoms with E-state index in [2.05, 4.69) is 45.5 Å². The highest BCUT2D eigenvalue weighted by Crippen LogP contribution is 2.27.